The van der Waals surface area contributed by atoms with Crippen molar-refractivity contribution in [3.8, 4) is 0 Å². The normalized spacial score (nSPS) is 27.4. The second-order valence-corrected chi connectivity index (χ2v) is 9.03. The summed E-state index contributed by atoms with van der Waals surface area (Å²) < 4.78 is 11.2. The molecule has 3 fully saturated rings. The molecule has 1 aromatic carbocycles. The molecule has 4 heteroatoms. The van der Waals surface area contributed by atoms with E-state index in [0.717, 1.165) is 32.3 Å². The van der Waals surface area contributed by atoms with E-state index in [9.17, 15) is 0 Å². The van der Waals surface area contributed by atoms with E-state index < -0.39 is 0 Å². The number of hydrogen-bond donors (Lipinski definition) is 0. The third kappa shape index (κ3) is 4.73. The molecule has 1 unspecified atom stereocenters. The maximum absolute atomic E-state index is 5.65. The van der Waals surface area contributed by atoms with Gasteiger partial charge in [-0.1, -0.05) is 30.3 Å². The molecule has 150 valence electrons. The van der Waals surface area contributed by atoms with Crippen molar-refractivity contribution in [2.75, 3.05) is 59.7 Å². The highest BCUT2D eigenvalue weighted by atomic mass is 16.5. The first kappa shape index (κ1) is 19.4. The maximum Gasteiger partial charge on any atom is 0.0508 e. The zero-order valence-corrected chi connectivity index (χ0v) is 16.9. The minimum absolute atomic E-state index is 0.467. The number of ether oxygens (including phenoxy) is 2. The third-order valence-electron chi connectivity index (χ3n) is 7.21. The van der Waals surface area contributed by atoms with Crippen LogP contribution in [0.15, 0.2) is 30.3 Å². The van der Waals surface area contributed by atoms with Crippen molar-refractivity contribution < 1.29 is 9.47 Å². The molecule has 4 rings (SSSR count). The Kier molecular flexibility index (Phi) is 6.49. The van der Waals surface area contributed by atoms with E-state index in [-0.39, 0.29) is 0 Å². The maximum atomic E-state index is 5.65. The molecule has 0 aromatic heterocycles. The van der Waals surface area contributed by atoms with Gasteiger partial charge in [0.25, 0.3) is 0 Å². The molecule has 1 spiro atoms. The predicted octanol–water partition coefficient (Wildman–Crippen LogP) is 3.27. The summed E-state index contributed by atoms with van der Waals surface area (Å²) in [4.78, 5) is 5.40. The number of methoxy groups -OCH3 is 1. The molecular formula is C23H36N2O2. The smallest absolute Gasteiger partial charge is 0.0508 e. The van der Waals surface area contributed by atoms with Crippen LogP contribution in [0.1, 0.15) is 31.2 Å². The van der Waals surface area contributed by atoms with Crippen molar-refractivity contribution in [3.05, 3.63) is 35.9 Å². The lowest BCUT2D eigenvalue weighted by Gasteiger charge is -2.42. The van der Waals surface area contributed by atoms with E-state index in [0.29, 0.717) is 11.3 Å². The SMILES string of the molecule is COCC1CN(CC2CCOCC2)CC12CCN(Cc1ccccc1)CC2. The van der Waals surface area contributed by atoms with Gasteiger partial charge in [-0.05, 0) is 55.7 Å². The van der Waals surface area contributed by atoms with Gasteiger partial charge < -0.3 is 14.4 Å². The molecule has 3 saturated heterocycles. The number of likely N-dealkylation sites (tertiary alicyclic amines) is 2. The van der Waals surface area contributed by atoms with Crippen molar-refractivity contribution >= 4 is 0 Å². The van der Waals surface area contributed by atoms with E-state index in [2.05, 4.69) is 40.1 Å². The van der Waals surface area contributed by atoms with Crippen molar-refractivity contribution in [2.45, 2.75) is 32.2 Å². The molecule has 4 nitrogen and oxygen atoms in total. The Morgan fingerprint density at radius 2 is 1.81 bits per heavy atom. The van der Waals surface area contributed by atoms with Gasteiger partial charge in [-0.15, -0.1) is 0 Å². The highest BCUT2D eigenvalue weighted by Gasteiger charge is 2.47. The predicted molar refractivity (Wildman–Crippen MR) is 109 cm³/mol. The first-order valence-electron chi connectivity index (χ1n) is 10.8. The number of nitrogens with zero attached hydrogens (tertiary/aromatic N) is 2. The van der Waals surface area contributed by atoms with Gasteiger partial charge in [-0.2, -0.15) is 0 Å². The number of benzene rings is 1. The van der Waals surface area contributed by atoms with Crippen LogP contribution < -0.4 is 0 Å². The van der Waals surface area contributed by atoms with Gasteiger partial charge in [0.1, 0.15) is 0 Å². The number of hydrogen-bond acceptors (Lipinski definition) is 4. The summed E-state index contributed by atoms with van der Waals surface area (Å²) in [5.74, 6) is 1.52. The molecule has 1 aromatic rings. The van der Waals surface area contributed by atoms with Crippen LogP contribution in [0.4, 0.5) is 0 Å². The molecule has 3 aliphatic heterocycles. The summed E-state index contributed by atoms with van der Waals surface area (Å²) in [7, 11) is 1.87. The zero-order chi connectivity index (χ0) is 18.5. The average molecular weight is 373 g/mol. The Labute approximate surface area is 164 Å². The molecule has 3 heterocycles. The molecule has 1 atom stereocenters. The minimum Gasteiger partial charge on any atom is -0.384 e. The van der Waals surface area contributed by atoms with Crippen LogP contribution in [0.25, 0.3) is 0 Å². The van der Waals surface area contributed by atoms with Crippen molar-refractivity contribution in [3.63, 3.8) is 0 Å². The largest absolute Gasteiger partial charge is 0.384 e. The Hall–Kier alpha value is -0.940. The van der Waals surface area contributed by atoms with Gasteiger partial charge in [-0.25, -0.2) is 0 Å². The van der Waals surface area contributed by atoms with Gasteiger partial charge in [0.2, 0.25) is 0 Å². The van der Waals surface area contributed by atoms with Crippen LogP contribution in [-0.4, -0.2) is 69.5 Å². The van der Waals surface area contributed by atoms with Gasteiger partial charge in [0, 0.05) is 52.4 Å². The van der Waals surface area contributed by atoms with Gasteiger partial charge in [-0.3, -0.25) is 4.90 Å². The van der Waals surface area contributed by atoms with Crippen LogP contribution >= 0.6 is 0 Å². The van der Waals surface area contributed by atoms with E-state index in [1.54, 1.807) is 0 Å². The average Bonchev–Trinajstić information content (AvgIpc) is 3.02. The second-order valence-electron chi connectivity index (χ2n) is 9.03. The van der Waals surface area contributed by atoms with Crippen LogP contribution in [0.5, 0.6) is 0 Å². The van der Waals surface area contributed by atoms with E-state index in [1.807, 2.05) is 7.11 Å². The molecular weight excluding hydrogens is 336 g/mol. The first-order chi connectivity index (χ1) is 13.3. The van der Waals surface area contributed by atoms with Gasteiger partial charge >= 0.3 is 0 Å². The highest BCUT2D eigenvalue weighted by Crippen LogP contribution is 2.45. The molecule has 27 heavy (non-hydrogen) atoms. The Bertz CT molecular complexity index is 565. The molecule has 3 aliphatic rings. The van der Waals surface area contributed by atoms with E-state index >= 15 is 0 Å². The summed E-state index contributed by atoms with van der Waals surface area (Å²) in [5, 5.41) is 0. The van der Waals surface area contributed by atoms with E-state index in [4.69, 9.17) is 9.47 Å². The second kappa shape index (κ2) is 9.04. The molecule has 0 aliphatic carbocycles. The standard InChI is InChI=1S/C23H36N2O2/c1-26-18-22-17-25(16-21-7-13-27-14-8-21)19-23(22)9-11-24(12-10-23)15-20-5-3-2-4-6-20/h2-6,21-22H,7-19H2,1H3. The fraction of sp³-hybridized carbons (Fsp3) is 0.739. The van der Waals surface area contributed by atoms with Crippen molar-refractivity contribution in [2.24, 2.45) is 17.3 Å². The summed E-state index contributed by atoms with van der Waals surface area (Å²) in [6, 6.07) is 10.9. The third-order valence-corrected chi connectivity index (χ3v) is 7.21. The summed E-state index contributed by atoms with van der Waals surface area (Å²) in [5.41, 5.74) is 1.91. The van der Waals surface area contributed by atoms with Gasteiger partial charge in [0.15, 0.2) is 0 Å². The van der Waals surface area contributed by atoms with Gasteiger partial charge in [0.05, 0.1) is 6.61 Å². The lowest BCUT2D eigenvalue weighted by atomic mass is 9.71. The minimum atomic E-state index is 0.467. The monoisotopic (exact) mass is 372 g/mol. The summed E-state index contributed by atoms with van der Waals surface area (Å²) in [6.45, 7) is 10.1. The number of piperidine rings is 1. The van der Waals surface area contributed by atoms with E-state index in [1.165, 1.54) is 64.0 Å². The fourth-order valence-corrected chi connectivity index (χ4v) is 5.57. The van der Waals surface area contributed by atoms with Crippen LogP contribution in [0.2, 0.25) is 0 Å². The quantitative estimate of drug-likeness (QED) is 0.765. The Balaban J connectivity index is 1.34. The van der Waals surface area contributed by atoms with Crippen LogP contribution in [-0.2, 0) is 16.0 Å². The zero-order valence-electron chi connectivity index (χ0n) is 16.9. The first-order valence-corrected chi connectivity index (χ1v) is 10.8. The Morgan fingerprint density at radius 1 is 1.07 bits per heavy atom. The molecule has 0 N–H and O–H groups in total. The Morgan fingerprint density at radius 3 is 2.52 bits per heavy atom. The summed E-state index contributed by atoms with van der Waals surface area (Å²) >= 11 is 0. The lowest BCUT2D eigenvalue weighted by Crippen LogP contribution is -2.45. The van der Waals surface area contributed by atoms with Crippen LogP contribution in [0.3, 0.4) is 0 Å². The van der Waals surface area contributed by atoms with Crippen molar-refractivity contribution in [1.29, 1.82) is 0 Å². The van der Waals surface area contributed by atoms with Crippen LogP contribution in [0, 0.1) is 17.3 Å². The lowest BCUT2D eigenvalue weighted by molar-refractivity contribution is 0.0336. The molecule has 0 amide bonds. The number of rotatable bonds is 6. The fourth-order valence-electron chi connectivity index (χ4n) is 5.57. The highest BCUT2D eigenvalue weighted by molar-refractivity contribution is 5.14. The molecule has 0 radical (unpaired) electrons. The topological polar surface area (TPSA) is 24.9 Å². The molecule has 0 saturated carbocycles. The summed E-state index contributed by atoms with van der Waals surface area (Å²) in [6.07, 6.45) is 5.11. The molecule has 0 bridgehead atoms. The van der Waals surface area contributed by atoms with Crippen molar-refractivity contribution in [1.82, 2.24) is 9.80 Å².